The summed E-state index contributed by atoms with van der Waals surface area (Å²) < 4.78 is 5.41. The zero-order valence-electron chi connectivity index (χ0n) is 16.8. The Bertz CT molecular complexity index is 1640. The molecule has 0 saturated heterocycles. The maximum atomic E-state index is 12.5. The maximum absolute atomic E-state index is 12.5. The molecule has 0 saturated carbocycles. The molecule has 7 heteroatoms. The van der Waals surface area contributed by atoms with E-state index < -0.39 is 5.63 Å². The summed E-state index contributed by atoms with van der Waals surface area (Å²) in [5.41, 5.74) is 3.72. The van der Waals surface area contributed by atoms with Crippen LogP contribution in [0.1, 0.15) is 16.1 Å². The van der Waals surface area contributed by atoms with Crippen LogP contribution in [0.4, 0.5) is 0 Å². The average Bonchev–Trinajstić information content (AvgIpc) is 3.27. The SMILES string of the molecule is Cc1ccc2nc(Cl)c(/C=C(\C#N)c3nc(-c4cc5ccccc5oc4=O)cs3)cc2c1. The number of nitriles is 1. The lowest BCUT2D eigenvalue weighted by Crippen LogP contribution is -2.02. The van der Waals surface area contributed by atoms with E-state index in [0.717, 1.165) is 21.9 Å². The van der Waals surface area contributed by atoms with Crippen molar-refractivity contribution >= 4 is 56.5 Å². The first-order valence-electron chi connectivity index (χ1n) is 9.70. The van der Waals surface area contributed by atoms with Crippen LogP contribution in [-0.2, 0) is 0 Å². The fourth-order valence-corrected chi connectivity index (χ4v) is 4.43. The highest BCUT2D eigenvalue weighted by atomic mass is 35.5. The first kappa shape index (κ1) is 20.1. The summed E-state index contributed by atoms with van der Waals surface area (Å²) in [4.78, 5) is 21.4. The van der Waals surface area contributed by atoms with Gasteiger partial charge < -0.3 is 4.42 Å². The molecule has 0 spiro atoms. The Hall–Kier alpha value is -3.79. The molecule has 0 amide bonds. The van der Waals surface area contributed by atoms with E-state index in [4.69, 9.17) is 16.0 Å². The molecule has 0 N–H and O–H groups in total. The van der Waals surface area contributed by atoms with Crippen molar-refractivity contribution in [1.82, 2.24) is 9.97 Å². The molecule has 0 aliphatic carbocycles. The van der Waals surface area contributed by atoms with Crippen molar-refractivity contribution in [1.29, 1.82) is 5.26 Å². The predicted octanol–water partition coefficient (Wildman–Crippen LogP) is 6.49. The molecular weight excluding hydrogens is 442 g/mol. The van der Waals surface area contributed by atoms with Crippen LogP contribution in [0.2, 0.25) is 5.15 Å². The zero-order chi connectivity index (χ0) is 22.2. The van der Waals surface area contributed by atoms with Crippen LogP contribution < -0.4 is 5.63 Å². The second-order valence-electron chi connectivity index (χ2n) is 7.26. The highest BCUT2D eigenvalue weighted by molar-refractivity contribution is 7.11. The number of allylic oxidation sites excluding steroid dienone is 1. The number of aryl methyl sites for hydroxylation is 1. The molecule has 0 atom stereocenters. The normalized spacial score (nSPS) is 11.7. The van der Waals surface area contributed by atoms with Crippen LogP contribution in [0.15, 0.2) is 69.2 Å². The van der Waals surface area contributed by atoms with Crippen LogP contribution in [0.25, 0.3) is 44.8 Å². The molecule has 0 unspecified atom stereocenters. The van der Waals surface area contributed by atoms with Crippen molar-refractivity contribution in [3.05, 3.63) is 91.7 Å². The summed E-state index contributed by atoms with van der Waals surface area (Å²) in [6.07, 6.45) is 1.67. The van der Waals surface area contributed by atoms with Gasteiger partial charge in [-0.1, -0.05) is 41.4 Å². The first-order valence-corrected chi connectivity index (χ1v) is 11.0. The molecule has 0 fully saturated rings. The topological polar surface area (TPSA) is 79.8 Å². The van der Waals surface area contributed by atoms with Crippen LogP contribution in [-0.4, -0.2) is 9.97 Å². The van der Waals surface area contributed by atoms with Gasteiger partial charge in [0, 0.05) is 21.7 Å². The van der Waals surface area contributed by atoms with Gasteiger partial charge in [-0.25, -0.2) is 14.8 Å². The van der Waals surface area contributed by atoms with Gasteiger partial charge in [0.25, 0.3) is 0 Å². The average molecular weight is 456 g/mol. The van der Waals surface area contributed by atoms with Crippen LogP contribution in [0.5, 0.6) is 0 Å². The third-order valence-corrected chi connectivity index (χ3v) is 6.20. The largest absolute Gasteiger partial charge is 0.422 e. The number of para-hydroxylation sites is 1. The third-order valence-electron chi connectivity index (χ3n) is 5.02. The van der Waals surface area contributed by atoms with E-state index in [1.54, 1.807) is 23.6 Å². The minimum atomic E-state index is -0.472. The summed E-state index contributed by atoms with van der Waals surface area (Å²) in [5.74, 6) is 0. The highest BCUT2D eigenvalue weighted by Crippen LogP contribution is 2.29. The molecule has 5 nitrogen and oxygen atoms in total. The van der Waals surface area contributed by atoms with Gasteiger partial charge in [0.2, 0.25) is 0 Å². The van der Waals surface area contributed by atoms with Crippen molar-refractivity contribution < 1.29 is 4.42 Å². The lowest BCUT2D eigenvalue weighted by molar-refractivity contribution is 0.563. The van der Waals surface area contributed by atoms with Gasteiger partial charge in [0.15, 0.2) is 0 Å². The van der Waals surface area contributed by atoms with E-state index in [0.29, 0.717) is 38.1 Å². The maximum Gasteiger partial charge on any atom is 0.345 e. The predicted molar refractivity (Wildman–Crippen MR) is 129 cm³/mol. The molecule has 0 radical (unpaired) electrons. The molecule has 0 aliphatic heterocycles. The molecule has 0 aliphatic rings. The van der Waals surface area contributed by atoms with Gasteiger partial charge in [0.1, 0.15) is 21.8 Å². The van der Waals surface area contributed by atoms with Crippen molar-refractivity contribution in [2.24, 2.45) is 0 Å². The summed E-state index contributed by atoms with van der Waals surface area (Å²) in [6.45, 7) is 2.00. The van der Waals surface area contributed by atoms with Gasteiger partial charge in [-0.15, -0.1) is 11.3 Å². The zero-order valence-corrected chi connectivity index (χ0v) is 18.4. The van der Waals surface area contributed by atoms with Crippen molar-refractivity contribution in [2.75, 3.05) is 0 Å². The van der Waals surface area contributed by atoms with Gasteiger partial charge in [0.05, 0.1) is 22.3 Å². The van der Waals surface area contributed by atoms with E-state index in [-0.39, 0.29) is 0 Å². The fraction of sp³-hybridized carbons (Fsp3) is 0.0400. The Kier molecular flexibility index (Phi) is 5.06. The number of aromatic nitrogens is 2. The standard InChI is InChI=1S/C25H14ClN3O2S/c1-14-6-7-20-16(8-14)9-17(23(26)28-20)10-18(12-27)24-29-21(13-32-24)19-11-15-4-2-3-5-22(15)31-25(19)30/h2-11,13H,1H3/b18-10+. The van der Waals surface area contributed by atoms with Gasteiger partial charge in [-0.3, -0.25) is 0 Å². The Morgan fingerprint density at radius 2 is 1.97 bits per heavy atom. The van der Waals surface area contributed by atoms with Gasteiger partial charge in [-0.2, -0.15) is 5.26 Å². The number of benzene rings is 2. The van der Waals surface area contributed by atoms with E-state index in [2.05, 4.69) is 16.0 Å². The quantitative estimate of drug-likeness (QED) is 0.176. The van der Waals surface area contributed by atoms with E-state index in [1.165, 1.54) is 11.3 Å². The van der Waals surface area contributed by atoms with Crippen LogP contribution in [0.3, 0.4) is 0 Å². The number of halogens is 1. The highest BCUT2D eigenvalue weighted by Gasteiger charge is 2.14. The van der Waals surface area contributed by atoms with Crippen molar-refractivity contribution in [2.45, 2.75) is 6.92 Å². The Balaban J connectivity index is 1.57. The van der Waals surface area contributed by atoms with E-state index in [9.17, 15) is 10.1 Å². The number of pyridine rings is 1. The Morgan fingerprint density at radius 1 is 1.12 bits per heavy atom. The third kappa shape index (κ3) is 3.69. The molecule has 5 aromatic rings. The van der Waals surface area contributed by atoms with Gasteiger partial charge >= 0.3 is 5.63 Å². The number of hydrogen-bond donors (Lipinski definition) is 0. The molecule has 3 heterocycles. The number of hydrogen-bond acceptors (Lipinski definition) is 6. The van der Waals surface area contributed by atoms with Crippen molar-refractivity contribution in [3.63, 3.8) is 0 Å². The molecule has 2 aromatic carbocycles. The Labute approximate surface area is 191 Å². The summed E-state index contributed by atoms with van der Waals surface area (Å²) in [6, 6.07) is 19.0. The number of fused-ring (bicyclic) bond motifs is 2. The molecule has 0 bridgehead atoms. The lowest BCUT2D eigenvalue weighted by atomic mass is 10.1. The first-order chi connectivity index (χ1) is 15.5. The number of rotatable bonds is 3. The van der Waals surface area contributed by atoms with Crippen LogP contribution >= 0.6 is 22.9 Å². The monoisotopic (exact) mass is 455 g/mol. The Morgan fingerprint density at radius 3 is 2.81 bits per heavy atom. The number of thiazole rings is 1. The smallest absolute Gasteiger partial charge is 0.345 e. The second kappa shape index (κ2) is 8.04. The van der Waals surface area contributed by atoms with Crippen molar-refractivity contribution in [3.8, 4) is 17.3 Å². The minimum Gasteiger partial charge on any atom is -0.422 e. The molecule has 5 rings (SSSR count). The molecule has 3 aromatic heterocycles. The molecule has 32 heavy (non-hydrogen) atoms. The number of nitrogens with zero attached hydrogens (tertiary/aromatic N) is 3. The molecule has 154 valence electrons. The van der Waals surface area contributed by atoms with Crippen LogP contribution in [0, 0.1) is 18.3 Å². The van der Waals surface area contributed by atoms with E-state index >= 15 is 0 Å². The summed E-state index contributed by atoms with van der Waals surface area (Å²) in [5, 5.41) is 14.0. The molecular formula is C25H14ClN3O2S. The summed E-state index contributed by atoms with van der Waals surface area (Å²) in [7, 11) is 0. The minimum absolute atomic E-state index is 0.307. The second-order valence-corrected chi connectivity index (χ2v) is 8.47. The van der Waals surface area contributed by atoms with Gasteiger partial charge in [-0.05, 0) is 43.3 Å². The van der Waals surface area contributed by atoms with E-state index in [1.807, 2.05) is 49.4 Å². The summed E-state index contributed by atoms with van der Waals surface area (Å²) >= 11 is 7.65. The fourth-order valence-electron chi connectivity index (χ4n) is 3.45. The lowest BCUT2D eigenvalue weighted by Gasteiger charge is -2.04.